The Morgan fingerprint density at radius 3 is 1.35 bits per heavy atom. The summed E-state index contributed by atoms with van der Waals surface area (Å²) in [4.78, 5) is 35.8. The SMILES string of the molecule is CCC/C=C/C/C=C/C/C=C/C/C=C/CCCCCC(=O)OC[C@H](COP(=O)(O)OC1C(O)C(O)C(O)[C@@H](O)C1O)OC(=O)CCC/C=C/CC/C=C/CCCCCCCCCCCCCCCC. The van der Waals surface area contributed by atoms with Crippen molar-refractivity contribution in [3.63, 3.8) is 0 Å². The Hall–Kier alpha value is -2.71. The van der Waals surface area contributed by atoms with Gasteiger partial charge in [0.25, 0.3) is 0 Å². The number of aliphatic hydroxyl groups excluding tert-OH is 5. The lowest BCUT2D eigenvalue weighted by Crippen LogP contribution is -2.64. The molecule has 0 amide bonds. The van der Waals surface area contributed by atoms with Gasteiger partial charge >= 0.3 is 19.8 Å². The Morgan fingerprint density at radius 2 is 0.841 bits per heavy atom. The number of allylic oxidation sites excluding steroid dienone is 12. The molecule has 1 aliphatic carbocycles. The molecule has 0 bridgehead atoms. The summed E-state index contributed by atoms with van der Waals surface area (Å²) >= 11 is 0. The number of phosphoric acid groups is 1. The summed E-state index contributed by atoms with van der Waals surface area (Å²) in [5.41, 5.74) is 0. The number of hydrogen-bond acceptors (Lipinski definition) is 12. The average molecular weight is 995 g/mol. The molecule has 0 saturated heterocycles. The Kier molecular flexibility index (Phi) is 41.0. The maximum Gasteiger partial charge on any atom is 0.472 e. The van der Waals surface area contributed by atoms with Gasteiger partial charge in [0.15, 0.2) is 6.10 Å². The van der Waals surface area contributed by atoms with E-state index in [9.17, 15) is 44.6 Å². The van der Waals surface area contributed by atoms with Crippen LogP contribution in [0, 0.1) is 0 Å². The van der Waals surface area contributed by atoms with E-state index in [-0.39, 0.29) is 12.8 Å². The van der Waals surface area contributed by atoms with Gasteiger partial charge < -0.3 is 39.9 Å². The Morgan fingerprint density at radius 1 is 0.449 bits per heavy atom. The summed E-state index contributed by atoms with van der Waals surface area (Å²) in [6.45, 7) is 3.20. The van der Waals surface area contributed by atoms with Gasteiger partial charge in [-0.15, -0.1) is 0 Å². The minimum atomic E-state index is -5.15. The van der Waals surface area contributed by atoms with Gasteiger partial charge in [-0.2, -0.15) is 0 Å². The van der Waals surface area contributed by atoms with Crippen LogP contribution >= 0.6 is 7.82 Å². The van der Waals surface area contributed by atoms with Crippen LogP contribution in [-0.4, -0.2) is 98.3 Å². The molecule has 0 aromatic carbocycles. The first-order valence-corrected chi connectivity index (χ1v) is 28.2. The smallest absolute Gasteiger partial charge is 0.462 e. The third-order valence-corrected chi connectivity index (χ3v) is 13.0. The van der Waals surface area contributed by atoms with E-state index in [0.29, 0.717) is 19.3 Å². The van der Waals surface area contributed by atoms with Gasteiger partial charge in [0, 0.05) is 12.8 Å². The van der Waals surface area contributed by atoms with E-state index in [4.69, 9.17) is 18.5 Å². The van der Waals surface area contributed by atoms with Crippen LogP contribution in [0.4, 0.5) is 0 Å². The molecule has 0 aromatic heterocycles. The second-order valence-electron chi connectivity index (χ2n) is 18.4. The van der Waals surface area contributed by atoms with Crippen LogP contribution in [0.3, 0.4) is 0 Å². The van der Waals surface area contributed by atoms with Crippen molar-refractivity contribution in [2.75, 3.05) is 13.2 Å². The summed E-state index contributed by atoms with van der Waals surface area (Å²) in [6, 6.07) is 0. The maximum atomic E-state index is 12.9. The number of unbranched alkanes of at least 4 members (excludes halogenated alkanes) is 20. The molecule has 14 heteroatoms. The van der Waals surface area contributed by atoms with E-state index >= 15 is 0 Å². The lowest BCUT2D eigenvalue weighted by molar-refractivity contribution is -0.220. The van der Waals surface area contributed by atoms with Crippen LogP contribution < -0.4 is 0 Å². The Labute approximate surface area is 416 Å². The second-order valence-corrected chi connectivity index (χ2v) is 19.8. The first-order chi connectivity index (χ1) is 33.4. The minimum absolute atomic E-state index is 0.0269. The van der Waals surface area contributed by atoms with E-state index in [1.54, 1.807) is 0 Å². The van der Waals surface area contributed by atoms with Crippen molar-refractivity contribution in [2.45, 2.75) is 249 Å². The predicted octanol–water partition coefficient (Wildman–Crippen LogP) is 11.8. The van der Waals surface area contributed by atoms with Crippen LogP contribution in [0.25, 0.3) is 0 Å². The molecular formula is C55H95O13P. The quantitative estimate of drug-likeness (QED) is 0.0145. The average Bonchev–Trinajstić information content (AvgIpc) is 3.33. The summed E-state index contributed by atoms with van der Waals surface area (Å²) in [5.74, 6) is -1.19. The first-order valence-electron chi connectivity index (χ1n) is 26.7. The van der Waals surface area contributed by atoms with Crippen LogP contribution in [0.5, 0.6) is 0 Å². The second kappa shape index (κ2) is 44.0. The molecule has 0 radical (unpaired) electrons. The fraction of sp³-hybridized carbons (Fsp3) is 0.745. The number of hydrogen-bond donors (Lipinski definition) is 6. The highest BCUT2D eigenvalue weighted by molar-refractivity contribution is 7.47. The third-order valence-electron chi connectivity index (χ3n) is 12.0. The van der Waals surface area contributed by atoms with E-state index in [2.05, 4.69) is 80.7 Å². The van der Waals surface area contributed by atoms with Gasteiger partial charge in [-0.25, -0.2) is 4.57 Å². The number of carbonyl (C=O) groups is 2. The molecule has 8 atom stereocenters. The molecule has 1 rings (SSSR count). The fourth-order valence-electron chi connectivity index (χ4n) is 7.71. The Bertz CT molecular complexity index is 1480. The predicted molar refractivity (Wildman–Crippen MR) is 276 cm³/mol. The van der Waals surface area contributed by atoms with E-state index < -0.39 is 75.7 Å². The number of rotatable bonds is 44. The van der Waals surface area contributed by atoms with Gasteiger partial charge in [-0.3, -0.25) is 18.6 Å². The molecule has 0 spiro atoms. The standard InChI is InChI=1S/C55H95O13P/c1-3-5-7-9-11-13-15-17-19-21-22-23-24-25-26-28-30-32-34-36-38-40-42-44-49(57)67-47(46-66-69(63,64)68-55-53(61)51(59)50(58)52(60)54(55)62)45-65-48(56)43-41-39-37-35-33-31-29-27-20-18-16-14-12-10-8-6-4-2/h8,10,14,16,20,27-28,30-31,33,36,38,47,50-55,58-62H,3-7,9,11-13,15,17-19,21-26,29,32,34-35,37,39-46H2,1-2H3,(H,63,64)/b10-8+,16-14+,27-20+,30-28+,33-31+,38-36+/t47-,50?,51-,52?,53?,54?,55?/m1/s1. The van der Waals surface area contributed by atoms with Gasteiger partial charge in [-0.1, -0.05) is 183 Å². The zero-order chi connectivity index (χ0) is 50.6. The maximum absolute atomic E-state index is 12.9. The monoisotopic (exact) mass is 995 g/mol. The van der Waals surface area contributed by atoms with Crippen molar-refractivity contribution in [3.05, 3.63) is 72.9 Å². The van der Waals surface area contributed by atoms with E-state index in [0.717, 1.165) is 64.2 Å². The molecule has 0 heterocycles. The van der Waals surface area contributed by atoms with Crippen molar-refractivity contribution in [1.82, 2.24) is 0 Å². The lowest BCUT2D eigenvalue weighted by atomic mass is 9.85. The molecule has 69 heavy (non-hydrogen) atoms. The summed E-state index contributed by atoms with van der Waals surface area (Å²) in [6.07, 6.45) is 43.9. The topological polar surface area (TPSA) is 210 Å². The number of carbonyl (C=O) groups excluding carboxylic acids is 2. The Balaban J connectivity index is 2.43. The van der Waals surface area contributed by atoms with Crippen molar-refractivity contribution >= 4 is 19.8 Å². The number of phosphoric ester groups is 1. The third kappa shape index (κ3) is 36.0. The minimum Gasteiger partial charge on any atom is -0.462 e. The molecule has 6 N–H and O–H groups in total. The van der Waals surface area contributed by atoms with E-state index in [1.807, 2.05) is 6.08 Å². The lowest BCUT2D eigenvalue weighted by Gasteiger charge is -2.41. The van der Waals surface area contributed by atoms with Crippen LogP contribution in [0.15, 0.2) is 72.9 Å². The van der Waals surface area contributed by atoms with Crippen molar-refractivity contribution in [1.29, 1.82) is 0 Å². The highest BCUT2D eigenvalue weighted by atomic mass is 31.2. The molecule has 1 fully saturated rings. The number of ether oxygens (including phenoxy) is 2. The zero-order valence-corrected chi connectivity index (χ0v) is 43.5. The molecule has 13 nitrogen and oxygen atoms in total. The normalized spacial score (nSPS) is 21.4. The van der Waals surface area contributed by atoms with Crippen LogP contribution in [0.1, 0.15) is 206 Å². The van der Waals surface area contributed by atoms with Crippen LogP contribution in [-0.2, 0) is 32.7 Å². The largest absolute Gasteiger partial charge is 0.472 e. The molecule has 398 valence electrons. The first kappa shape index (κ1) is 64.3. The van der Waals surface area contributed by atoms with E-state index in [1.165, 1.54) is 96.3 Å². The molecule has 6 unspecified atom stereocenters. The van der Waals surface area contributed by atoms with Crippen LogP contribution in [0.2, 0.25) is 0 Å². The molecule has 0 aliphatic heterocycles. The number of aliphatic hydroxyl groups is 5. The number of esters is 2. The molecular weight excluding hydrogens is 900 g/mol. The molecule has 0 aromatic rings. The van der Waals surface area contributed by atoms with Crippen molar-refractivity contribution in [3.8, 4) is 0 Å². The summed E-state index contributed by atoms with van der Waals surface area (Å²) < 4.78 is 33.6. The van der Waals surface area contributed by atoms with Crippen molar-refractivity contribution in [2.24, 2.45) is 0 Å². The molecule has 1 aliphatic rings. The van der Waals surface area contributed by atoms with Gasteiger partial charge in [-0.05, 0) is 83.5 Å². The van der Waals surface area contributed by atoms with Gasteiger partial charge in [0.1, 0.15) is 43.2 Å². The highest BCUT2D eigenvalue weighted by Crippen LogP contribution is 2.47. The summed E-state index contributed by atoms with van der Waals surface area (Å²) in [7, 11) is -5.15. The van der Waals surface area contributed by atoms with Gasteiger partial charge in [0.05, 0.1) is 6.61 Å². The van der Waals surface area contributed by atoms with Gasteiger partial charge in [0.2, 0.25) is 0 Å². The van der Waals surface area contributed by atoms with Crippen molar-refractivity contribution < 1.29 is 63.1 Å². The molecule has 1 saturated carbocycles. The fourth-order valence-corrected chi connectivity index (χ4v) is 8.68. The highest BCUT2D eigenvalue weighted by Gasteiger charge is 2.51. The zero-order valence-electron chi connectivity index (χ0n) is 42.6. The summed E-state index contributed by atoms with van der Waals surface area (Å²) in [5, 5.41) is 50.3.